The lowest BCUT2D eigenvalue weighted by Crippen LogP contribution is -2.12. The minimum Gasteiger partial charge on any atom is -0.466 e. The van der Waals surface area contributed by atoms with E-state index in [1.807, 2.05) is 0 Å². The average Bonchev–Trinajstić information content (AvgIpc) is 2.31. The summed E-state index contributed by atoms with van der Waals surface area (Å²) in [5.74, 6) is -1.84. The van der Waals surface area contributed by atoms with Gasteiger partial charge in [0.2, 0.25) is 0 Å². The normalized spacial score (nSPS) is 10.8. The number of halogens is 4. The number of carbonyl (C=O) groups excluding carboxylic acids is 1. The molecule has 0 saturated carbocycles. The topological polar surface area (TPSA) is 39.2 Å². The van der Waals surface area contributed by atoms with Gasteiger partial charge in [-0.05, 0) is 6.92 Å². The predicted octanol–water partition coefficient (Wildman–Crippen LogP) is 3.00. The van der Waals surface area contributed by atoms with E-state index in [0.29, 0.717) is 6.07 Å². The van der Waals surface area contributed by atoms with Crippen LogP contribution >= 0.6 is 11.6 Å². The van der Waals surface area contributed by atoms with Crippen LogP contribution in [0.4, 0.5) is 13.2 Å². The second-order valence-corrected chi connectivity index (χ2v) is 3.64. The first-order valence-corrected chi connectivity index (χ1v) is 5.71. The van der Waals surface area contributed by atoms with E-state index in [1.54, 1.807) is 6.92 Å². The average molecular weight is 282 g/mol. The van der Waals surface area contributed by atoms with E-state index in [0.717, 1.165) is 0 Å². The molecule has 3 nitrogen and oxygen atoms in total. The Hall–Kier alpha value is -1.30. The molecule has 1 rings (SSSR count). The Balaban J connectivity index is 3.07. The molecule has 18 heavy (non-hydrogen) atoms. The highest BCUT2D eigenvalue weighted by Crippen LogP contribution is 2.22. The molecule has 0 unspecified atom stereocenters. The van der Waals surface area contributed by atoms with Gasteiger partial charge in [0.25, 0.3) is 6.43 Å². The van der Waals surface area contributed by atoms with Gasteiger partial charge in [-0.2, -0.15) is 0 Å². The molecule has 1 aromatic heterocycles. The van der Waals surface area contributed by atoms with Crippen molar-refractivity contribution in [2.75, 3.05) is 6.61 Å². The number of hydrogen-bond acceptors (Lipinski definition) is 3. The summed E-state index contributed by atoms with van der Waals surface area (Å²) in [6.07, 6.45) is -3.27. The molecule has 0 radical (unpaired) electrons. The number of carbonyl (C=O) groups is 1. The first kappa shape index (κ1) is 14.8. The van der Waals surface area contributed by atoms with Crippen LogP contribution in [-0.2, 0) is 21.8 Å². The molecule has 0 spiro atoms. The molecular formula is C11H11ClF3NO2. The second-order valence-electron chi connectivity index (χ2n) is 3.37. The lowest BCUT2D eigenvalue weighted by Gasteiger charge is -2.10. The Morgan fingerprint density at radius 1 is 1.56 bits per heavy atom. The Labute approximate surface area is 107 Å². The van der Waals surface area contributed by atoms with Crippen LogP contribution in [0, 0.1) is 5.82 Å². The monoisotopic (exact) mass is 281 g/mol. The molecule has 1 heterocycles. The van der Waals surface area contributed by atoms with Crippen molar-refractivity contribution in [1.29, 1.82) is 0 Å². The lowest BCUT2D eigenvalue weighted by atomic mass is 10.1. The number of rotatable bonds is 5. The van der Waals surface area contributed by atoms with Crippen molar-refractivity contribution < 1.29 is 22.7 Å². The standard InChI is InChI=1S/C11H11ClF3NO2/c1-2-18-10(17)3-6-7(13)4-8(11(14)15)16-9(6)5-12/h4,11H,2-3,5H2,1H3. The number of pyridine rings is 1. The van der Waals surface area contributed by atoms with Gasteiger partial charge in [-0.1, -0.05) is 0 Å². The van der Waals surface area contributed by atoms with Crippen LogP contribution < -0.4 is 0 Å². The molecule has 0 aromatic carbocycles. The van der Waals surface area contributed by atoms with Crippen molar-refractivity contribution in [1.82, 2.24) is 4.98 Å². The van der Waals surface area contributed by atoms with Gasteiger partial charge in [0.05, 0.1) is 24.6 Å². The SMILES string of the molecule is CCOC(=O)Cc1c(F)cc(C(F)F)nc1CCl. The second kappa shape index (κ2) is 6.58. The number of alkyl halides is 3. The van der Waals surface area contributed by atoms with Gasteiger partial charge in [-0.3, -0.25) is 9.78 Å². The molecule has 0 fully saturated rings. The maximum atomic E-state index is 13.6. The highest BCUT2D eigenvalue weighted by molar-refractivity contribution is 6.17. The zero-order chi connectivity index (χ0) is 13.7. The van der Waals surface area contributed by atoms with E-state index in [1.165, 1.54) is 0 Å². The largest absolute Gasteiger partial charge is 0.466 e. The molecule has 0 bridgehead atoms. The van der Waals surface area contributed by atoms with Crippen LogP contribution in [-0.4, -0.2) is 17.6 Å². The summed E-state index contributed by atoms with van der Waals surface area (Å²) in [4.78, 5) is 14.8. The van der Waals surface area contributed by atoms with Crippen LogP contribution in [0.25, 0.3) is 0 Å². The molecule has 0 aliphatic carbocycles. The van der Waals surface area contributed by atoms with E-state index in [9.17, 15) is 18.0 Å². The fraction of sp³-hybridized carbons (Fsp3) is 0.455. The van der Waals surface area contributed by atoms with Crippen molar-refractivity contribution in [3.8, 4) is 0 Å². The van der Waals surface area contributed by atoms with E-state index in [-0.39, 0.29) is 30.2 Å². The summed E-state index contributed by atoms with van der Waals surface area (Å²) in [7, 11) is 0. The number of aromatic nitrogens is 1. The third-order valence-electron chi connectivity index (χ3n) is 2.15. The van der Waals surface area contributed by atoms with Crippen LogP contribution in [0.2, 0.25) is 0 Å². The van der Waals surface area contributed by atoms with Gasteiger partial charge in [0.1, 0.15) is 11.5 Å². The zero-order valence-electron chi connectivity index (χ0n) is 9.55. The Kier molecular flexibility index (Phi) is 5.40. The van der Waals surface area contributed by atoms with Gasteiger partial charge in [-0.15, -0.1) is 11.6 Å². The van der Waals surface area contributed by atoms with Gasteiger partial charge < -0.3 is 4.74 Å². The minimum absolute atomic E-state index is 0.0694. The van der Waals surface area contributed by atoms with Crippen LogP contribution in [0.15, 0.2) is 6.07 Å². The van der Waals surface area contributed by atoms with E-state index in [2.05, 4.69) is 9.72 Å². The molecule has 0 aliphatic rings. The fourth-order valence-electron chi connectivity index (χ4n) is 1.38. The highest BCUT2D eigenvalue weighted by atomic mass is 35.5. The van der Waals surface area contributed by atoms with Gasteiger partial charge >= 0.3 is 5.97 Å². The van der Waals surface area contributed by atoms with Crippen LogP contribution in [0.1, 0.15) is 30.3 Å². The fourth-order valence-corrected chi connectivity index (χ4v) is 1.60. The number of nitrogens with zero attached hydrogens (tertiary/aromatic N) is 1. The van der Waals surface area contributed by atoms with Crippen molar-refractivity contribution >= 4 is 17.6 Å². The van der Waals surface area contributed by atoms with E-state index < -0.39 is 23.9 Å². The third kappa shape index (κ3) is 3.60. The molecule has 0 atom stereocenters. The van der Waals surface area contributed by atoms with Gasteiger partial charge in [0.15, 0.2) is 0 Å². The third-order valence-corrected chi connectivity index (χ3v) is 2.41. The molecule has 0 saturated heterocycles. The number of esters is 1. The molecule has 0 aliphatic heterocycles. The van der Waals surface area contributed by atoms with Gasteiger partial charge in [-0.25, -0.2) is 13.2 Å². The number of hydrogen-bond donors (Lipinski definition) is 0. The quantitative estimate of drug-likeness (QED) is 0.615. The van der Waals surface area contributed by atoms with Crippen LogP contribution in [0.3, 0.4) is 0 Å². The predicted molar refractivity (Wildman–Crippen MR) is 59.0 cm³/mol. The molecule has 0 N–H and O–H groups in total. The summed E-state index contributed by atoms with van der Waals surface area (Å²) in [5, 5.41) is 0. The Bertz CT molecular complexity index is 441. The maximum absolute atomic E-state index is 13.6. The summed E-state index contributed by atoms with van der Waals surface area (Å²) >= 11 is 5.52. The first-order valence-electron chi connectivity index (χ1n) is 5.17. The Morgan fingerprint density at radius 2 is 2.22 bits per heavy atom. The molecular weight excluding hydrogens is 271 g/mol. The van der Waals surface area contributed by atoms with Crippen molar-refractivity contribution in [2.45, 2.75) is 25.7 Å². The van der Waals surface area contributed by atoms with Crippen molar-refractivity contribution in [3.05, 3.63) is 28.8 Å². The Morgan fingerprint density at radius 3 is 2.72 bits per heavy atom. The van der Waals surface area contributed by atoms with Crippen molar-refractivity contribution in [3.63, 3.8) is 0 Å². The zero-order valence-corrected chi connectivity index (χ0v) is 10.3. The molecule has 1 aromatic rings. The van der Waals surface area contributed by atoms with E-state index in [4.69, 9.17) is 11.6 Å². The summed E-state index contributed by atoms with van der Waals surface area (Å²) in [5.41, 5.74) is -0.872. The number of ether oxygens (including phenoxy) is 1. The minimum atomic E-state index is -2.89. The summed E-state index contributed by atoms with van der Waals surface area (Å²) < 4.78 is 43.1. The van der Waals surface area contributed by atoms with Crippen LogP contribution in [0.5, 0.6) is 0 Å². The summed E-state index contributed by atoms with van der Waals surface area (Å²) in [6, 6.07) is 0.606. The van der Waals surface area contributed by atoms with E-state index >= 15 is 0 Å². The molecule has 7 heteroatoms. The maximum Gasteiger partial charge on any atom is 0.310 e. The molecule has 0 amide bonds. The van der Waals surface area contributed by atoms with Gasteiger partial charge in [0, 0.05) is 11.6 Å². The summed E-state index contributed by atoms with van der Waals surface area (Å²) in [6.45, 7) is 1.76. The molecule has 100 valence electrons. The highest BCUT2D eigenvalue weighted by Gasteiger charge is 2.19. The lowest BCUT2D eigenvalue weighted by molar-refractivity contribution is -0.142. The van der Waals surface area contributed by atoms with Crippen molar-refractivity contribution in [2.24, 2.45) is 0 Å². The first-order chi connectivity index (χ1) is 8.49. The smallest absolute Gasteiger partial charge is 0.310 e.